The van der Waals surface area contributed by atoms with E-state index in [1.165, 1.54) is 6.07 Å². The van der Waals surface area contributed by atoms with Gasteiger partial charge in [0.05, 0.1) is 6.54 Å². The number of nitrogens with one attached hydrogen (secondary N) is 2. The Balaban J connectivity index is 1.60. The molecule has 0 fully saturated rings. The van der Waals surface area contributed by atoms with E-state index in [1.54, 1.807) is 41.8 Å². The zero-order valence-electron chi connectivity index (χ0n) is 13.5. The van der Waals surface area contributed by atoms with Crippen LogP contribution in [0.4, 0.5) is 15.0 Å². The smallest absolute Gasteiger partial charge is 0.320 e. The molecule has 2 N–H and O–H groups in total. The van der Waals surface area contributed by atoms with Crippen molar-refractivity contribution in [2.24, 2.45) is 0 Å². The van der Waals surface area contributed by atoms with Crippen LogP contribution in [0.25, 0.3) is 0 Å². The summed E-state index contributed by atoms with van der Waals surface area (Å²) in [5.41, 5.74) is 1.78. The third-order valence-electron chi connectivity index (χ3n) is 3.91. The van der Waals surface area contributed by atoms with Crippen molar-refractivity contribution in [3.63, 3.8) is 0 Å². The number of hydrogen-bond donors (Lipinski definition) is 2. The molecule has 2 heterocycles. The van der Waals surface area contributed by atoms with E-state index >= 15 is 0 Å². The zero-order chi connectivity index (χ0) is 17.3. The Bertz CT molecular complexity index is 802. The van der Waals surface area contributed by atoms with E-state index in [0.29, 0.717) is 30.2 Å². The van der Waals surface area contributed by atoms with Gasteiger partial charge in [-0.15, -0.1) is 0 Å². The topological polar surface area (TPSA) is 79.3 Å². The molecule has 1 aromatic heterocycles. The molecule has 1 aliphatic heterocycles. The van der Waals surface area contributed by atoms with E-state index in [-0.39, 0.29) is 18.3 Å². The van der Waals surface area contributed by atoms with Gasteiger partial charge in [0.2, 0.25) is 0 Å². The number of halogens is 1. The molecule has 0 radical (unpaired) electrons. The fraction of sp³-hybridized carbons (Fsp3) is 0.312. The lowest BCUT2D eigenvalue weighted by Gasteiger charge is -2.22. The molecular formula is C16H18FN5O2. The van der Waals surface area contributed by atoms with Gasteiger partial charge in [0.1, 0.15) is 11.5 Å². The van der Waals surface area contributed by atoms with Crippen molar-refractivity contribution in [1.82, 2.24) is 20.0 Å². The number of likely N-dealkylation sites (N-methyl/N-ethyl adjacent to an activating group) is 1. The second-order valence-corrected chi connectivity index (χ2v) is 5.76. The number of amides is 3. The molecule has 2 aromatic rings. The van der Waals surface area contributed by atoms with E-state index in [2.05, 4.69) is 15.7 Å². The lowest BCUT2D eigenvalue weighted by Crippen LogP contribution is -2.37. The van der Waals surface area contributed by atoms with Crippen LogP contribution in [0.15, 0.2) is 24.3 Å². The predicted octanol–water partition coefficient (Wildman–Crippen LogP) is 1.74. The summed E-state index contributed by atoms with van der Waals surface area (Å²) >= 11 is 0. The lowest BCUT2D eigenvalue weighted by molar-refractivity contribution is 0.0743. The Kier molecular flexibility index (Phi) is 4.20. The molecule has 0 unspecified atom stereocenters. The molecule has 7 nitrogen and oxygen atoms in total. The summed E-state index contributed by atoms with van der Waals surface area (Å²) in [6, 6.07) is 5.79. The molecule has 126 valence electrons. The van der Waals surface area contributed by atoms with Crippen LogP contribution in [0.2, 0.25) is 0 Å². The van der Waals surface area contributed by atoms with Crippen LogP contribution in [-0.2, 0) is 13.1 Å². The van der Waals surface area contributed by atoms with Crippen molar-refractivity contribution in [3.8, 4) is 0 Å². The van der Waals surface area contributed by atoms with Gasteiger partial charge in [-0.1, -0.05) is 12.1 Å². The monoisotopic (exact) mass is 331 g/mol. The van der Waals surface area contributed by atoms with Gasteiger partial charge in [-0.25, -0.2) is 9.18 Å². The number of hydrogen-bond acceptors (Lipinski definition) is 3. The molecule has 0 atom stereocenters. The van der Waals surface area contributed by atoms with E-state index in [0.717, 1.165) is 5.56 Å². The number of aryl methyl sites for hydroxylation is 1. The first-order valence-electron chi connectivity index (χ1n) is 7.57. The van der Waals surface area contributed by atoms with Crippen molar-refractivity contribution in [3.05, 3.63) is 46.9 Å². The van der Waals surface area contributed by atoms with E-state index in [1.807, 2.05) is 0 Å². The number of rotatable bonds is 3. The highest BCUT2D eigenvalue weighted by molar-refractivity contribution is 5.95. The number of fused-ring (bicyclic) bond motifs is 1. The molecule has 3 amide bonds. The maximum absolute atomic E-state index is 13.2. The number of urea groups is 1. The highest BCUT2D eigenvalue weighted by Crippen LogP contribution is 2.15. The first-order chi connectivity index (χ1) is 11.4. The summed E-state index contributed by atoms with van der Waals surface area (Å²) in [5, 5.41) is 9.49. The van der Waals surface area contributed by atoms with Crippen LogP contribution in [0, 0.1) is 12.7 Å². The number of carbonyl (C=O) groups is 2. The first kappa shape index (κ1) is 16.0. The summed E-state index contributed by atoms with van der Waals surface area (Å²) in [7, 11) is 1.73. The average Bonchev–Trinajstić information content (AvgIpc) is 2.95. The van der Waals surface area contributed by atoms with E-state index < -0.39 is 6.03 Å². The van der Waals surface area contributed by atoms with Gasteiger partial charge in [0.25, 0.3) is 5.91 Å². The van der Waals surface area contributed by atoms with Gasteiger partial charge in [0, 0.05) is 26.2 Å². The predicted molar refractivity (Wildman–Crippen MR) is 86.2 cm³/mol. The summed E-state index contributed by atoms with van der Waals surface area (Å²) < 4.78 is 14.8. The van der Waals surface area contributed by atoms with Gasteiger partial charge in [-0.3, -0.25) is 14.8 Å². The fourth-order valence-electron chi connectivity index (χ4n) is 2.52. The summed E-state index contributed by atoms with van der Waals surface area (Å²) in [6.45, 7) is 3.11. The largest absolute Gasteiger partial charge is 0.339 e. The van der Waals surface area contributed by atoms with Crippen LogP contribution in [0.5, 0.6) is 0 Å². The zero-order valence-corrected chi connectivity index (χ0v) is 13.5. The minimum atomic E-state index is -0.437. The maximum atomic E-state index is 13.2. The maximum Gasteiger partial charge on any atom is 0.320 e. The van der Waals surface area contributed by atoms with Gasteiger partial charge in [0.15, 0.2) is 5.82 Å². The summed E-state index contributed by atoms with van der Waals surface area (Å²) in [6.07, 6.45) is 0. The molecule has 0 saturated carbocycles. The van der Waals surface area contributed by atoms with Gasteiger partial charge in [-0.2, -0.15) is 5.10 Å². The van der Waals surface area contributed by atoms with Crippen LogP contribution >= 0.6 is 0 Å². The van der Waals surface area contributed by atoms with Crippen molar-refractivity contribution in [1.29, 1.82) is 0 Å². The molecule has 0 aliphatic carbocycles. The third kappa shape index (κ3) is 3.22. The van der Waals surface area contributed by atoms with Crippen LogP contribution in [0.3, 0.4) is 0 Å². The molecule has 3 rings (SSSR count). The lowest BCUT2D eigenvalue weighted by atomic mass is 10.1. The Morgan fingerprint density at radius 2 is 2.12 bits per heavy atom. The Morgan fingerprint density at radius 1 is 1.33 bits per heavy atom. The number of nitrogens with zero attached hydrogens (tertiary/aromatic N) is 3. The summed E-state index contributed by atoms with van der Waals surface area (Å²) in [4.78, 5) is 25.6. The fourth-order valence-corrected chi connectivity index (χ4v) is 2.52. The van der Waals surface area contributed by atoms with Crippen molar-refractivity contribution in [2.75, 3.05) is 18.9 Å². The number of carbonyl (C=O) groups excluding carboxylic acids is 2. The summed E-state index contributed by atoms with van der Waals surface area (Å²) in [5.74, 6) is -0.0770. The minimum Gasteiger partial charge on any atom is -0.339 e. The van der Waals surface area contributed by atoms with Crippen molar-refractivity contribution < 1.29 is 14.0 Å². The third-order valence-corrected chi connectivity index (χ3v) is 3.91. The Morgan fingerprint density at radius 3 is 2.88 bits per heavy atom. The molecule has 0 spiro atoms. The minimum absolute atomic E-state index is 0.121. The van der Waals surface area contributed by atoms with Crippen LogP contribution < -0.4 is 10.6 Å². The average molecular weight is 331 g/mol. The molecule has 0 saturated heterocycles. The number of benzene rings is 1. The van der Waals surface area contributed by atoms with Gasteiger partial charge < -0.3 is 10.2 Å². The highest BCUT2D eigenvalue weighted by Gasteiger charge is 2.24. The SMILES string of the molecule is Cc1cc(CNC(=O)Nc2cc3n(n2)CCN(C)C3=O)ccc1F. The molecule has 0 bridgehead atoms. The van der Waals surface area contributed by atoms with Crippen LogP contribution in [0.1, 0.15) is 21.6 Å². The van der Waals surface area contributed by atoms with Crippen LogP contribution in [-0.4, -0.2) is 40.2 Å². The first-order valence-corrected chi connectivity index (χ1v) is 7.57. The molecule has 8 heteroatoms. The second-order valence-electron chi connectivity index (χ2n) is 5.76. The van der Waals surface area contributed by atoms with E-state index in [9.17, 15) is 14.0 Å². The van der Waals surface area contributed by atoms with Crippen molar-refractivity contribution >= 4 is 17.8 Å². The second kappa shape index (κ2) is 6.31. The normalized spacial score (nSPS) is 13.6. The highest BCUT2D eigenvalue weighted by atomic mass is 19.1. The molecular weight excluding hydrogens is 313 g/mol. The van der Waals surface area contributed by atoms with Gasteiger partial charge in [-0.05, 0) is 24.1 Å². The standard InChI is InChI=1S/C16H18FN5O2/c1-10-7-11(3-4-12(10)17)9-18-16(24)19-14-8-13-15(23)21(2)5-6-22(13)20-14/h3-4,7-8H,5-6,9H2,1-2H3,(H2,18,19,20,24). The van der Waals surface area contributed by atoms with E-state index in [4.69, 9.17) is 0 Å². The van der Waals surface area contributed by atoms with Crippen molar-refractivity contribution in [2.45, 2.75) is 20.0 Å². The Labute approximate surface area is 138 Å². The molecule has 1 aromatic carbocycles. The molecule has 1 aliphatic rings. The quantitative estimate of drug-likeness (QED) is 0.899. The molecule has 24 heavy (non-hydrogen) atoms. The number of aromatic nitrogens is 2. The number of anilines is 1. The Hall–Kier alpha value is -2.90. The van der Waals surface area contributed by atoms with Gasteiger partial charge >= 0.3 is 6.03 Å².